The second-order valence-corrected chi connectivity index (χ2v) is 1.55. The van der Waals surface area contributed by atoms with Gasteiger partial charge in [-0.1, -0.05) is 6.08 Å². The van der Waals surface area contributed by atoms with Gasteiger partial charge in [-0.3, -0.25) is 0 Å². The molecule has 1 aliphatic heterocycles. The molecule has 2 N–H and O–H groups in total. The summed E-state index contributed by atoms with van der Waals surface area (Å²) in [4.78, 5) is 10.5. The van der Waals surface area contributed by atoms with Gasteiger partial charge >= 0.3 is 5.97 Å². The number of hydrogen-bond acceptors (Lipinski definition) is 2. The molecule has 0 atom stereocenters. The lowest BCUT2D eigenvalue weighted by Gasteiger charge is -2.09. The Morgan fingerprint density at radius 1 is 1.90 bits per heavy atom. The Labute approximate surface area is 71.1 Å². The van der Waals surface area contributed by atoms with Crippen LogP contribution in [0.25, 0.3) is 0 Å². The molecule has 1 rings (SSSR count). The average Bonchev–Trinajstić information content (AvgIpc) is 1.95. The zero-order chi connectivity index (χ0) is 10.3. The molecular formula is C6H10ClNO2. The Balaban J connectivity index is 0.00000169. The van der Waals surface area contributed by atoms with Crippen LogP contribution in [0.15, 0.2) is 11.6 Å². The number of hydrogen-bond donors (Lipinski definition) is 2. The normalized spacial score (nSPS) is 33.0. The lowest BCUT2D eigenvalue weighted by atomic mass is 10.1. The van der Waals surface area contributed by atoms with Crippen LogP contribution >= 0.6 is 12.4 Å². The maximum Gasteiger partial charge on any atom is 0.332 e. The van der Waals surface area contributed by atoms with E-state index in [1.165, 1.54) is 0 Å². The molecule has 0 spiro atoms. The monoisotopic (exact) mass is 167 g/mol. The topological polar surface area (TPSA) is 49.3 Å². The van der Waals surface area contributed by atoms with E-state index in [4.69, 9.17) is 10.6 Å². The van der Waals surface area contributed by atoms with E-state index >= 15 is 0 Å². The number of halogens is 1. The number of carboxylic acids is 1. The van der Waals surface area contributed by atoms with Crippen LogP contribution < -0.4 is 5.32 Å². The highest BCUT2D eigenvalue weighted by Gasteiger charge is 2.08. The third-order valence-corrected chi connectivity index (χ3v) is 0.890. The molecule has 0 saturated heterocycles. The standard InChI is InChI=1S/C6H9NO2.ClH/c8-6(9)5-2-1-3-7-4-5;/h2,7H,1,3-4H2,(H,8,9);1H/i1D2,4D2;. The number of rotatable bonds is 1. The summed E-state index contributed by atoms with van der Waals surface area (Å²) in [5.41, 5.74) is -0.580. The van der Waals surface area contributed by atoms with Gasteiger partial charge in [-0.2, -0.15) is 0 Å². The minimum Gasteiger partial charge on any atom is -0.478 e. The van der Waals surface area contributed by atoms with Gasteiger partial charge in [-0.15, -0.1) is 12.4 Å². The number of aliphatic carboxylic acids is 1. The Morgan fingerprint density at radius 3 is 3.10 bits per heavy atom. The predicted molar refractivity (Wildman–Crippen MR) is 40.5 cm³/mol. The van der Waals surface area contributed by atoms with Crippen molar-refractivity contribution >= 4 is 18.4 Å². The smallest absolute Gasteiger partial charge is 0.332 e. The molecule has 0 aromatic carbocycles. The van der Waals surface area contributed by atoms with Crippen LogP contribution in [0.4, 0.5) is 0 Å². The summed E-state index contributed by atoms with van der Waals surface area (Å²) in [6.45, 7) is -2.38. The van der Waals surface area contributed by atoms with Crippen LogP contribution in [-0.4, -0.2) is 24.1 Å². The molecule has 0 aromatic heterocycles. The van der Waals surface area contributed by atoms with Crippen molar-refractivity contribution in [2.45, 2.75) is 6.37 Å². The van der Waals surface area contributed by atoms with E-state index in [-0.39, 0.29) is 19.0 Å². The van der Waals surface area contributed by atoms with E-state index in [0.717, 1.165) is 6.08 Å². The van der Waals surface area contributed by atoms with Crippen molar-refractivity contribution in [2.24, 2.45) is 0 Å². The number of carbonyl (C=O) groups is 1. The number of carboxylic acid groups (broad SMARTS) is 1. The molecule has 10 heavy (non-hydrogen) atoms. The maximum absolute atomic E-state index is 10.5. The van der Waals surface area contributed by atoms with Crippen LogP contribution in [0.1, 0.15) is 11.9 Å². The van der Waals surface area contributed by atoms with Gasteiger partial charge in [0.25, 0.3) is 0 Å². The predicted octanol–water partition coefficient (Wildman–Crippen LogP) is 0.413. The zero-order valence-corrected chi connectivity index (χ0v) is 5.86. The van der Waals surface area contributed by atoms with Crippen LogP contribution in [0.2, 0.25) is 0 Å². The highest BCUT2D eigenvalue weighted by molar-refractivity contribution is 5.87. The van der Waals surface area contributed by atoms with Gasteiger partial charge in [0.15, 0.2) is 0 Å². The molecule has 0 radical (unpaired) electrons. The number of nitrogens with one attached hydrogen (secondary N) is 1. The fraction of sp³-hybridized carbons (Fsp3) is 0.500. The first-order valence-corrected chi connectivity index (χ1v) is 2.46. The second-order valence-electron chi connectivity index (χ2n) is 1.55. The minimum absolute atomic E-state index is 0. The van der Waals surface area contributed by atoms with Gasteiger partial charge < -0.3 is 10.4 Å². The Hall–Kier alpha value is -0.540. The maximum atomic E-state index is 10.5. The van der Waals surface area contributed by atoms with E-state index in [2.05, 4.69) is 5.32 Å². The summed E-state index contributed by atoms with van der Waals surface area (Å²) >= 11 is 0. The van der Waals surface area contributed by atoms with Crippen molar-refractivity contribution in [1.82, 2.24) is 5.32 Å². The third kappa shape index (κ3) is 2.37. The van der Waals surface area contributed by atoms with E-state index in [9.17, 15) is 4.79 Å². The molecule has 3 nitrogen and oxygen atoms in total. The molecule has 4 heteroatoms. The molecule has 0 aliphatic carbocycles. The molecule has 1 aliphatic rings. The fourth-order valence-corrected chi connectivity index (χ4v) is 0.495. The van der Waals surface area contributed by atoms with Crippen molar-refractivity contribution in [2.75, 3.05) is 13.0 Å². The van der Waals surface area contributed by atoms with E-state index in [1.807, 2.05) is 0 Å². The van der Waals surface area contributed by atoms with Crippen molar-refractivity contribution in [3.63, 3.8) is 0 Å². The zero-order valence-electron chi connectivity index (χ0n) is 9.05. The van der Waals surface area contributed by atoms with Crippen molar-refractivity contribution in [3.8, 4) is 0 Å². The minimum atomic E-state index is -2.16. The fourth-order valence-electron chi connectivity index (χ4n) is 0.495. The molecular weight excluding hydrogens is 154 g/mol. The van der Waals surface area contributed by atoms with Gasteiger partial charge in [0.1, 0.15) is 0 Å². The quantitative estimate of drug-likeness (QED) is 0.595. The second kappa shape index (κ2) is 4.30. The summed E-state index contributed by atoms with van der Waals surface area (Å²) in [6.07, 6.45) is -0.995. The molecule has 0 unspecified atom stereocenters. The van der Waals surface area contributed by atoms with Crippen LogP contribution in [-0.2, 0) is 4.79 Å². The Kier molecular flexibility index (Phi) is 1.88. The Bertz CT molecular complexity index is 279. The summed E-state index contributed by atoms with van der Waals surface area (Å²) in [5.74, 6) is -1.44. The van der Waals surface area contributed by atoms with Gasteiger partial charge in [-0.25, -0.2) is 4.79 Å². The van der Waals surface area contributed by atoms with Crippen molar-refractivity contribution in [3.05, 3.63) is 11.6 Å². The first-order chi connectivity index (χ1) is 5.75. The van der Waals surface area contributed by atoms with E-state index < -0.39 is 24.4 Å². The molecule has 0 aromatic rings. The summed E-state index contributed by atoms with van der Waals surface area (Å²) < 4.78 is 28.9. The van der Waals surface area contributed by atoms with Gasteiger partial charge in [0, 0.05) is 17.6 Å². The van der Waals surface area contributed by atoms with E-state index in [0.29, 0.717) is 0 Å². The summed E-state index contributed by atoms with van der Waals surface area (Å²) in [5, 5.41) is 10.8. The highest BCUT2D eigenvalue weighted by atomic mass is 35.5. The molecule has 0 bridgehead atoms. The van der Waals surface area contributed by atoms with E-state index in [1.54, 1.807) is 0 Å². The summed E-state index contributed by atoms with van der Waals surface area (Å²) in [7, 11) is 0. The Morgan fingerprint density at radius 2 is 2.60 bits per heavy atom. The van der Waals surface area contributed by atoms with Crippen molar-refractivity contribution < 1.29 is 15.4 Å². The average molecular weight is 168 g/mol. The van der Waals surface area contributed by atoms with Gasteiger partial charge in [-0.05, 0) is 12.9 Å². The molecule has 0 saturated carbocycles. The molecule has 58 valence electrons. The SMILES string of the molecule is Cl.[2H]C1([2H])C=C(C(=O)O)C([2H])([2H])NC1. The lowest BCUT2D eigenvalue weighted by molar-refractivity contribution is -0.132. The first-order valence-electron chi connectivity index (χ1n) is 4.46. The van der Waals surface area contributed by atoms with Gasteiger partial charge in [0.05, 0.1) is 0 Å². The molecule has 1 heterocycles. The van der Waals surface area contributed by atoms with Crippen molar-refractivity contribution in [1.29, 1.82) is 0 Å². The third-order valence-electron chi connectivity index (χ3n) is 0.890. The van der Waals surface area contributed by atoms with Crippen LogP contribution in [0, 0.1) is 0 Å². The van der Waals surface area contributed by atoms with Crippen LogP contribution in [0.5, 0.6) is 0 Å². The van der Waals surface area contributed by atoms with Gasteiger partial charge in [0.2, 0.25) is 0 Å². The largest absolute Gasteiger partial charge is 0.478 e. The van der Waals surface area contributed by atoms with Crippen LogP contribution in [0.3, 0.4) is 0 Å². The lowest BCUT2D eigenvalue weighted by Crippen LogP contribution is -2.25. The summed E-state index contributed by atoms with van der Waals surface area (Å²) in [6, 6.07) is 0. The molecule has 0 amide bonds. The highest BCUT2D eigenvalue weighted by Crippen LogP contribution is 1.99. The molecule has 0 fully saturated rings. The first kappa shape index (κ1) is 4.36.